The predicted octanol–water partition coefficient (Wildman–Crippen LogP) is 2.45. The van der Waals surface area contributed by atoms with E-state index < -0.39 is 5.97 Å². The van der Waals surface area contributed by atoms with Crippen LogP contribution in [0.3, 0.4) is 0 Å². The number of fused-ring (bicyclic) bond motifs is 3. The van der Waals surface area contributed by atoms with Crippen LogP contribution >= 0.6 is 11.6 Å². The van der Waals surface area contributed by atoms with Gasteiger partial charge in [0.15, 0.2) is 0 Å². The SMILES string of the molecule is O=C(CN1C(=O)N2CCCN=C2c2ccc(Cl)cc21)OCC1CCCO1. The largest absolute Gasteiger partial charge is 0.462 e. The van der Waals surface area contributed by atoms with Crippen molar-refractivity contribution in [2.45, 2.75) is 25.4 Å². The van der Waals surface area contributed by atoms with Gasteiger partial charge >= 0.3 is 12.0 Å². The number of carbonyl (C=O) groups is 2. The number of aliphatic imine (C=N–C) groups is 1. The Hall–Kier alpha value is -2.12. The number of benzene rings is 1. The molecule has 1 atom stereocenters. The molecule has 7 nitrogen and oxygen atoms in total. The van der Waals surface area contributed by atoms with E-state index in [4.69, 9.17) is 21.1 Å². The zero-order chi connectivity index (χ0) is 18.1. The number of rotatable bonds is 4. The number of hydrogen-bond donors (Lipinski definition) is 0. The number of ether oxygens (including phenoxy) is 2. The lowest BCUT2D eigenvalue weighted by molar-refractivity contribution is -0.145. The molecule has 0 radical (unpaired) electrons. The monoisotopic (exact) mass is 377 g/mol. The Labute approximate surface area is 156 Å². The minimum absolute atomic E-state index is 0.0430. The van der Waals surface area contributed by atoms with Gasteiger partial charge in [-0.2, -0.15) is 0 Å². The first-order valence-electron chi connectivity index (χ1n) is 8.84. The van der Waals surface area contributed by atoms with E-state index in [0.29, 0.717) is 36.2 Å². The van der Waals surface area contributed by atoms with Gasteiger partial charge in [-0.25, -0.2) is 4.79 Å². The van der Waals surface area contributed by atoms with Crippen molar-refractivity contribution in [1.82, 2.24) is 4.90 Å². The van der Waals surface area contributed by atoms with Gasteiger partial charge in [0.1, 0.15) is 19.0 Å². The number of anilines is 1. The molecule has 1 saturated heterocycles. The fourth-order valence-electron chi connectivity index (χ4n) is 3.48. The Morgan fingerprint density at radius 3 is 3.08 bits per heavy atom. The third-order valence-electron chi connectivity index (χ3n) is 4.75. The van der Waals surface area contributed by atoms with Crippen molar-refractivity contribution in [1.29, 1.82) is 0 Å². The molecule has 1 aromatic carbocycles. The van der Waals surface area contributed by atoms with Crippen molar-refractivity contribution in [3.63, 3.8) is 0 Å². The summed E-state index contributed by atoms with van der Waals surface area (Å²) in [5.74, 6) is 0.189. The van der Waals surface area contributed by atoms with Crippen LogP contribution in [-0.2, 0) is 14.3 Å². The van der Waals surface area contributed by atoms with E-state index in [-0.39, 0.29) is 25.3 Å². The number of hydrogen-bond acceptors (Lipinski definition) is 5. The van der Waals surface area contributed by atoms with Crippen molar-refractivity contribution >= 4 is 35.1 Å². The van der Waals surface area contributed by atoms with E-state index in [1.807, 2.05) is 6.07 Å². The van der Waals surface area contributed by atoms with E-state index in [2.05, 4.69) is 4.99 Å². The highest BCUT2D eigenvalue weighted by atomic mass is 35.5. The highest BCUT2D eigenvalue weighted by Crippen LogP contribution is 2.32. The molecular formula is C18H20ClN3O4. The second-order valence-corrected chi connectivity index (χ2v) is 7.00. The van der Waals surface area contributed by atoms with Crippen LogP contribution in [0.4, 0.5) is 10.5 Å². The number of urea groups is 1. The Kier molecular flexibility index (Phi) is 4.82. The van der Waals surface area contributed by atoms with Crippen LogP contribution in [0.5, 0.6) is 0 Å². The molecule has 0 bridgehead atoms. The van der Waals surface area contributed by atoms with Gasteiger partial charge in [0.2, 0.25) is 0 Å². The molecule has 3 aliphatic rings. The Morgan fingerprint density at radius 1 is 1.38 bits per heavy atom. The summed E-state index contributed by atoms with van der Waals surface area (Å²) in [4.78, 5) is 32.8. The third-order valence-corrected chi connectivity index (χ3v) is 4.99. The molecule has 0 aliphatic carbocycles. The van der Waals surface area contributed by atoms with Crippen LogP contribution in [0.15, 0.2) is 23.2 Å². The molecule has 3 aliphatic heterocycles. The number of esters is 1. The lowest BCUT2D eigenvalue weighted by Crippen LogP contribution is -2.54. The molecule has 0 spiro atoms. The maximum absolute atomic E-state index is 12.9. The van der Waals surface area contributed by atoms with E-state index in [1.54, 1.807) is 17.0 Å². The highest BCUT2D eigenvalue weighted by Gasteiger charge is 2.37. The van der Waals surface area contributed by atoms with Crippen molar-refractivity contribution in [2.75, 3.05) is 37.7 Å². The standard InChI is InChI=1S/C18H20ClN3O4/c19-12-4-5-14-15(9-12)22(18(24)21-7-2-6-20-17(14)21)10-16(23)26-11-13-3-1-8-25-13/h4-5,9,13H,1-3,6-8,10-11H2. The number of amidine groups is 1. The first-order chi connectivity index (χ1) is 12.6. The summed E-state index contributed by atoms with van der Waals surface area (Å²) < 4.78 is 10.8. The summed E-state index contributed by atoms with van der Waals surface area (Å²) >= 11 is 6.12. The van der Waals surface area contributed by atoms with Crippen LogP contribution in [0.1, 0.15) is 24.8 Å². The van der Waals surface area contributed by atoms with Crippen molar-refractivity contribution in [2.24, 2.45) is 4.99 Å². The molecule has 3 heterocycles. The quantitative estimate of drug-likeness (QED) is 0.756. The molecule has 1 unspecified atom stereocenters. The Bertz CT molecular complexity index is 761. The Morgan fingerprint density at radius 2 is 2.27 bits per heavy atom. The molecule has 138 valence electrons. The molecule has 8 heteroatoms. The average molecular weight is 378 g/mol. The topological polar surface area (TPSA) is 71.4 Å². The lowest BCUT2D eigenvalue weighted by Gasteiger charge is -2.39. The third kappa shape index (κ3) is 3.29. The maximum Gasteiger partial charge on any atom is 0.330 e. The molecule has 1 aromatic rings. The highest BCUT2D eigenvalue weighted by molar-refractivity contribution is 6.31. The smallest absolute Gasteiger partial charge is 0.330 e. The van der Waals surface area contributed by atoms with Gasteiger partial charge in [0.05, 0.1) is 11.8 Å². The summed E-state index contributed by atoms with van der Waals surface area (Å²) in [6, 6.07) is 5.02. The van der Waals surface area contributed by atoms with Crippen LogP contribution in [0, 0.1) is 0 Å². The molecule has 2 amide bonds. The van der Waals surface area contributed by atoms with Crippen LogP contribution in [0.25, 0.3) is 0 Å². The van der Waals surface area contributed by atoms with Gasteiger partial charge in [-0.3, -0.25) is 19.6 Å². The summed E-state index contributed by atoms with van der Waals surface area (Å²) in [6.45, 7) is 2.03. The van der Waals surface area contributed by atoms with E-state index in [0.717, 1.165) is 24.8 Å². The van der Waals surface area contributed by atoms with Gasteiger partial charge in [0.25, 0.3) is 0 Å². The average Bonchev–Trinajstić information content (AvgIpc) is 3.17. The zero-order valence-electron chi connectivity index (χ0n) is 14.3. The second-order valence-electron chi connectivity index (χ2n) is 6.56. The van der Waals surface area contributed by atoms with Gasteiger partial charge in [-0.1, -0.05) is 11.6 Å². The van der Waals surface area contributed by atoms with Crippen molar-refractivity contribution in [3.8, 4) is 0 Å². The molecule has 0 N–H and O–H groups in total. The predicted molar refractivity (Wildman–Crippen MR) is 96.9 cm³/mol. The van der Waals surface area contributed by atoms with Crippen molar-refractivity contribution < 1.29 is 19.1 Å². The molecule has 1 fully saturated rings. The summed E-state index contributed by atoms with van der Waals surface area (Å²) in [5.41, 5.74) is 1.40. The minimum atomic E-state index is -0.461. The number of carbonyl (C=O) groups excluding carboxylic acids is 2. The van der Waals surface area contributed by atoms with Crippen molar-refractivity contribution in [3.05, 3.63) is 28.8 Å². The fourth-order valence-corrected chi connectivity index (χ4v) is 3.64. The minimum Gasteiger partial charge on any atom is -0.462 e. The van der Waals surface area contributed by atoms with Gasteiger partial charge < -0.3 is 9.47 Å². The van der Waals surface area contributed by atoms with Crippen LogP contribution in [0.2, 0.25) is 5.02 Å². The lowest BCUT2D eigenvalue weighted by atomic mass is 10.1. The van der Waals surface area contributed by atoms with Gasteiger partial charge in [0, 0.05) is 30.3 Å². The summed E-state index contributed by atoms with van der Waals surface area (Å²) in [6.07, 6.45) is 2.63. The summed E-state index contributed by atoms with van der Waals surface area (Å²) in [5, 5.41) is 0.499. The van der Waals surface area contributed by atoms with E-state index in [9.17, 15) is 9.59 Å². The molecule has 4 rings (SSSR count). The first-order valence-corrected chi connectivity index (χ1v) is 9.22. The summed E-state index contributed by atoms with van der Waals surface area (Å²) in [7, 11) is 0. The second kappa shape index (κ2) is 7.25. The number of nitrogens with zero attached hydrogens (tertiary/aromatic N) is 3. The number of halogens is 1. The number of amides is 2. The normalized spacial score (nSPS) is 22.0. The van der Waals surface area contributed by atoms with Crippen LogP contribution < -0.4 is 4.90 Å². The van der Waals surface area contributed by atoms with Crippen LogP contribution in [-0.4, -0.2) is 61.7 Å². The molecule has 26 heavy (non-hydrogen) atoms. The van der Waals surface area contributed by atoms with E-state index in [1.165, 1.54) is 4.90 Å². The molecular weight excluding hydrogens is 358 g/mol. The van der Waals surface area contributed by atoms with E-state index >= 15 is 0 Å². The zero-order valence-corrected chi connectivity index (χ0v) is 15.1. The first kappa shape index (κ1) is 17.3. The van der Waals surface area contributed by atoms with Gasteiger partial charge in [-0.15, -0.1) is 0 Å². The fraction of sp³-hybridized carbons (Fsp3) is 0.500. The molecule has 0 saturated carbocycles. The Balaban J connectivity index is 1.55. The maximum atomic E-state index is 12.9. The molecule has 0 aromatic heterocycles. The van der Waals surface area contributed by atoms with Gasteiger partial charge in [-0.05, 0) is 37.5 Å².